The van der Waals surface area contributed by atoms with E-state index in [1.807, 2.05) is 0 Å². The Balaban J connectivity index is 2.25. The molecule has 2 atom stereocenters. The van der Waals surface area contributed by atoms with Gasteiger partial charge in [-0.25, -0.2) is 0 Å². The molecule has 0 spiro atoms. The van der Waals surface area contributed by atoms with E-state index in [0.717, 1.165) is 13.0 Å². The van der Waals surface area contributed by atoms with Crippen molar-refractivity contribution in [3.05, 3.63) is 0 Å². The van der Waals surface area contributed by atoms with Crippen LogP contribution in [0.25, 0.3) is 0 Å². The molecule has 20 heavy (non-hydrogen) atoms. The van der Waals surface area contributed by atoms with Crippen molar-refractivity contribution in [3.63, 3.8) is 0 Å². The maximum atomic E-state index is 12.0. The van der Waals surface area contributed by atoms with Gasteiger partial charge in [-0.15, -0.1) is 0 Å². The van der Waals surface area contributed by atoms with Crippen molar-refractivity contribution in [1.82, 2.24) is 16.0 Å². The predicted octanol–water partition coefficient (Wildman–Crippen LogP) is -1.12. The summed E-state index contributed by atoms with van der Waals surface area (Å²) in [7, 11) is 1.57. The fourth-order valence-corrected chi connectivity index (χ4v) is 2.00. The third-order valence-electron chi connectivity index (χ3n) is 3.13. The molecule has 1 heterocycles. The van der Waals surface area contributed by atoms with E-state index in [1.165, 1.54) is 0 Å². The van der Waals surface area contributed by atoms with Crippen LogP contribution in [0.5, 0.6) is 0 Å². The van der Waals surface area contributed by atoms with Crippen molar-refractivity contribution in [2.24, 2.45) is 5.92 Å². The highest BCUT2D eigenvalue weighted by Crippen LogP contribution is 2.13. The average Bonchev–Trinajstić information content (AvgIpc) is 2.91. The highest BCUT2D eigenvalue weighted by molar-refractivity contribution is 5.86. The smallest absolute Gasteiger partial charge is 0.239 e. The van der Waals surface area contributed by atoms with E-state index in [0.29, 0.717) is 26.4 Å². The van der Waals surface area contributed by atoms with E-state index >= 15 is 0 Å². The van der Waals surface area contributed by atoms with Crippen LogP contribution in [0.15, 0.2) is 0 Å². The first-order valence-corrected chi connectivity index (χ1v) is 7.03. The van der Waals surface area contributed by atoms with Gasteiger partial charge in [-0.2, -0.15) is 0 Å². The molecule has 2 unspecified atom stereocenters. The van der Waals surface area contributed by atoms with Gasteiger partial charge in [-0.3, -0.25) is 9.59 Å². The van der Waals surface area contributed by atoms with Crippen LogP contribution in [0, 0.1) is 5.92 Å². The summed E-state index contributed by atoms with van der Waals surface area (Å²) in [5, 5.41) is 8.58. The zero-order valence-corrected chi connectivity index (χ0v) is 12.2. The van der Waals surface area contributed by atoms with Crippen molar-refractivity contribution in [2.45, 2.75) is 19.4 Å². The Morgan fingerprint density at radius 3 is 2.75 bits per heavy atom. The van der Waals surface area contributed by atoms with Crippen molar-refractivity contribution >= 4 is 11.8 Å². The quantitative estimate of drug-likeness (QED) is 0.468. The zero-order valence-electron chi connectivity index (χ0n) is 12.2. The summed E-state index contributed by atoms with van der Waals surface area (Å²) in [6.07, 6.45) is 1.01. The monoisotopic (exact) mass is 287 g/mol. The lowest BCUT2D eigenvalue weighted by atomic mass is 10.0. The number of nitrogens with one attached hydrogen (secondary N) is 3. The average molecular weight is 287 g/mol. The normalized spacial score (nSPS) is 21.7. The first kappa shape index (κ1) is 16.9. The number of rotatable bonds is 9. The molecule has 116 valence electrons. The molecule has 0 saturated carbocycles. The lowest BCUT2D eigenvalue weighted by molar-refractivity contribution is -0.129. The van der Waals surface area contributed by atoms with Gasteiger partial charge in [0.25, 0.3) is 0 Å². The highest BCUT2D eigenvalue weighted by Gasteiger charge is 2.33. The Hall–Kier alpha value is -1.18. The number of hydrogen-bond donors (Lipinski definition) is 3. The number of amides is 2. The second-order valence-corrected chi connectivity index (χ2v) is 4.77. The molecule has 1 fully saturated rings. The third kappa shape index (κ3) is 5.85. The molecule has 1 rings (SSSR count). The van der Waals surface area contributed by atoms with Crippen LogP contribution in [-0.2, 0) is 19.1 Å². The fourth-order valence-electron chi connectivity index (χ4n) is 2.00. The lowest BCUT2D eigenvalue weighted by Gasteiger charge is -2.18. The van der Waals surface area contributed by atoms with Crippen molar-refractivity contribution in [1.29, 1.82) is 0 Å². The standard InChI is InChI=1S/C13H25N3O4/c1-3-4-14-11-9-20-8-10(11)13(18)16-7-12(17)15-5-6-19-2/h10-11,14H,3-9H2,1-2H3,(H,15,17)(H,16,18). The Bertz CT molecular complexity index is 312. The summed E-state index contributed by atoms with van der Waals surface area (Å²) in [6, 6.07) is 0.0338. The second-order valence-electron chi connectivity index (χ2n) is 4.77. The molecule has 7 heteroatoms. The van der Waals surface area contributed by atoms with Gasteiger partial charge in [0.05, 0.1) is 32.3 Å². The minimum Gasteiger partial charge on any atom is -0.383 e. The van der Waals surface area contributed by atoms with E-state index in [2.05, 4.69) is 22.9 Å². The molecule has 3 N–H and O–H groups in total. The second kappa shape index (κ2) is 9.68. The van der Waals surface area contributed by atoms with Crippen molar-refractivity contribution in [2.75, 3.05) is 46.6 Å². The van der Waals surface area contributed by atoms with Crippen LogP contribution in [0.1, 0.15) is 13.3 Å². The SMILES string of the molecule is CCCNC1COCC1C(=O)NCC(=O)NCCOC. The molecule has 0 radical (unpaired) electrons. The van der Waals surface area contributed by atoms with Crippen LogP contribution in [0.4, 0.5) is 0 Å². The molecule has 0 aliphatic carbocycles. The van der Waals surface area contributed by atoms with Crippen molar-refractivity contribution in [3.8, 4) is 0 Å². The minimum atomic E-state index is -0.228. The van der Waals surface area contributed by atoms with Gasteiger partial charge >= 0.3 is 0 Å². The maximum Gasteiger partial charge on any atom is 0.239 e. The van der Waals surface area contributed by atoms with Gasteiger partial charge in [-0.1, -0.05) is 6.92 Å². The topological polar surface area (TPSA) is 88.7 Å². The minimum absolute atomic E-state index is 0.0143. The number of carbonyl (C=O) groups is 2. The van der Waals surface area contributed by atoms with E-state index < -0.39 is 0 Å². The number of ether oxygens (including phenoxy) is 2. The molecule has 1 aliphatic heterocycles. The Kier molecular flexibility index (Phi) is 8.17. The third-order valence-corrected chi connectivity index (χ3v) is 3.13. The van der Waals surface area contributed by atoms with E-state index in [1.54, 1.807) is 7.11 Å². The summed E-state index contributed by atoms with van der Waals surface area (Å²) in [5.74, 6) is -0.585. The summed E-state index contributed by atoms with van der Waals surface area (Å²) in [6.45, 7) is 4.76. The van der Waals surface area contributed by atoms with Crippen molar-refractivity contribution < 1.29 is 19.1 Å². The van der Waals surface area contributed by atoms with Gasteiger partial charge in [0.1, 0.15) is 0 Å². The van der Waals surface area contributed by atoms with Gasteiger partial charge in [0.15, 0.2) is 0 Å². The summed E-state index contributed by atoms with van der Waals surface area (Å²) >= 11 is 0. The summed E-state index contributed by atoms with van der Waals surface area (Å²) < 4.78 is 10.2. The molecule has 0 aromatic carbocycles. The number of hydrogen-bond acceptors (Lipinski definition) is 5. The molecule has 1 aliphatic rings. The summed E-state index contributed by atoms with van der Waals surface area (Å²) in [4.78, 5) is 23.5. The summed E-state index contributed by atoms with van der Waals surface area (Å²) in [5.41, 5.74) is 0. The molecule has 0 aromatic rings. The first-order valence-electron chi connectivity index (χ1n) is 7.03. The number of carbonyl (C=O) groups excluding carboxylic acids is 2. The Morgan fingerprint density at radius 1 is 1.25 bits per heavy atom. The lowest BCUT2D eigenvalue weighted by Crippen LogP contribution is -2.46. The molecular formula is C13H25N3O4. The molecule has 0 bridgehead atoms. The Morgan fingerprint density at radius 2 is 2.05 bits per heavy atom. The van der Waals surface area contributed by atoms with Crippen LogP contribution in [0.2, 0.25) is 0 Å². The van der Waals surface area contributed by atoms with E-state index in [4.69, 9.17) is 9.47 Å². The fraction of sp³-hybridized carbons (Fsp3) is 0.846. The Labute approximate surface area is 119 Å². The first-order chi connectivity index (χ1) is 9.69. The zero-order chi connectivity index (χ0) is 14.8. The van der Waals surface area contributed by atoms with Crippen LogP contribution >= 0.6 is 0 Å². The van der Waals surface area contributed by atoms with Gasteiger partial charge in [0, 0.05) is 19.7 Å². The van der Waals surface area contributed by atoms with Gasteiger partial charge in [0.2, 0.25) is 11.8 Å². The highest BCUT2D eigenvalue weighted by atomic mass is 16.5. The van der Waals surface area contributed by atoms with Gasteiger partial charge < -0.3 is 25.4 Å². The van der Waals surface area contributed by atoms with Crippen LogP contribution in [-0.4, -0.2) is 64.4 Å². The molecule has 0 aromatic heterocycles. The van der Waals surface area contributed by atoms with Crippen LogP contribution < -0.4 is 16.0 Å². The largest absolute Gasteiger partial charge is 0.383 e. The van der Waals surface area contributed by atoms with Crippen LogP contribution in [0.3, 0.4) is 0 Å². The van der Waals surface area contributed by atoms with E-state index in [9.17, 15) is 9.59 Å². The molecule has 1 saturated heterocycles. The molecule has 7 nitrogen and oxygen atoms in total. The number of methoxy groups -OCH3 is 1. The molecular weight excluding hydrogens is 262 g/mol. The maximum absolute atomic E-state index is 12.0. The molecule has 2 amide bonds. The van der Waals surface area contributed by atoms with Gasteiger partial charge in [-0.05, 0) is 13.0 Å². The van der Waals surface area contributed by atoms with E-state index in [-0.39, 0.29) is 30.3 Å². The predicted molar refractivity (Wildman–Crippen MR) is 74.3 cm³/mol.